The highest BCUT2D eigenvalue weighted by atomic mass is 16.3. The molecule has 1 aromatic heterocycles. The number of aliphatic imine (C=N–C) groups is 1. The number of aryl methyl sites for hydroxylation is 1. The quantitative estimate of drug-likeness (QED) is 0.371. The number of hydrogen-bond acceptors (Lipinski definition) is 5. The molecule has 0 spiro atoms. The van der Waals surface area contributed by atoms with Gasteiger partial charge in [0, 0.05) is 18.0 Å². The van der Waals surface area contributed by atoms with Gasteiger partial charge in [0.05, 0.1) is 11.1 Å². The molecular formula is C22H35N5O. The first-order valence-corrected chi connectivity index (χ1v) is 10.2. The summed E-state index contributed by atoms with van der Waals surface area (Å²) < 4.78 is 0. The lowest BCUT2D eigenvalue weighted by Crippen LogP contribution is -2.33. The summed E-state index contributed by atoms with van der Waals surface area (Å²) in [5, 5.41) is 17.7. The predicted molar refractivity (Wildman–Crippen MR) is 119 cm³/mol. The number of hydrogen-bond donors (Lipinski definition) is 4. The van der Waals surface area contributed by atoms with Crippen LogP contribution in [0.2, 0.25) is 0 Å². The van der Waals surface area contributed by atoms with Crippen molar-refractivity contribution in [2.75, 3.05) is 18.4 Å². The second-order valence-corrected chi connectivity index (χ2v) is 7.85. The molecule has 0 amide bonds. The molecule has 0 bridgehead atoms. The van der Waals surface area contributed by atoms with Gasteiger partial charge in [0.25, 0.3) is 0 Å². The monoisotopic (exact) mass is 385 g/mol. The maximum atomic E-state index is 9.60. The predicted octanol–water partition coefficient (Wildman–Crippen LogP) is 3.41. The molecule has 0 saturated carbocycles. The van der Waals surface area contributed by atoms with Crippen LogP contribution < -0.4 is 16.4 Å². The van der Waals surface area contributed by atoms with Crippen LogP contribution in [-0.4, -0.2) is 41.3 Å². The van der Waals surface area contributed by atoms with Crippen molar-refractivity contribution in [2.45, 2.75) is 59.7 Å². The van der Waals surface area contributed by atoms with Crippen LogP contribution in [-0.2, 0) is 0 Å². The number of pyridine rings is 1. The van der Waals surface area contributed by atoms with E-state index in [1.165, 1.54) is 0 Å². The number of aliphatic hydroxyl groups excluding tert-OH is 1. The Morgan fingerprint density at radius 2 is 2.00 bits per heavy atom. The third-order valence-electron chi connectivity index (χ3n) is 4.66. The molecule has 0 radical (unpaired) electrons. The van der Waals surface area contributed by atoms with Crippen molar-refractivity contribution in [3.05, 3.63) is 35.4 Å². The molecule has 0 aliphatic heterocycles. The van der Waals surface area contributed by atoms with Crippen LogP contribution in [0.5, 0.6) is 0 Å². The van der Waals surface area contributed by atoms with Crippen molar-refractivity contribution in [1.82, 2.24) is 10.3 Å². The normalized spacial score (nSPS) is 14.5. The van der Waals surface area contributed by atoms with Crippen LogP contribution in [0.4, 0.5) is 5.82 Å². The number of fused-ring (bicyclic) bond motifs is 1. The van der Waals surface area contributed by atoms with Crippen LogP contribution in [0.3, 0.4) is 0 Å². The van der Waals surface area contributed by atoms with E-state index in [1.807, 2.05) is 19.1 Å². The smallest absolute Gasteiger partial charge is 0.144 e. The number of rotatable bonds is 10. The number of nitrogens with one attached hydrogen (secondary N) is 2. The van der Waals surface area contributed by atoms with E-state index in [9.17, 15) is 5.11 Å². The fourth-order valence-corrected chi connectivity index (χ4v) is 3.11. The lowest BCUT2D eigenvalue weighted by atomic mass is 10.1. The number of anilines is 1. The average Bonchev–Trinajstić information content (AvgIpc) is 2.63. The van der Waals surface area contributed by atoms with Gasteiger partial charge in [-0.25, -0.2) is 9.98 Å². The Balaban J connectivity index is 2.22. The SMILES string of the molecule is CCC(CCNc1nc2ccc(C)cc2cc1/C(N)=N/C(C)O)NCC(C)C. The molecule has 0 fully saturated rings. The molecule has 1 heterocycles. The van der Waals surface area contributed by atoms with Crippen molar-refractivity contribution >= 4 is 22.6 Å². The summed E-state index contributed by atoms with van der Waals surface area (Å²) in [5.74, 6) is 1.63. The number of amidine groups is 1. The number of nitrogens with zero attached hydrogens (tertiary/aromatic N) is 2. The molecule has 6 heteroatoms. The van der Waals surface area contributed by atoms with Gasteiger partial charge in [0.2, 0.25) is 0 Å². The number of benzene rings is 1. The van der Waals surface area contributed by atoms with E-state index < -0.39 is 6.23 Å². The van der Waals surface area contributed by atoms with Gasteiger partial charge in [-0.15, -0.1) is 0 Å². The molecule has 2 rings (SSSR count). The molecule has 0 saturated heterocycles. The number of nitrogens with two attached hydrogens (primary N) is 1. The Hall–Kier alpha value is -2.18. The van der Waals surface area contributed by atoms with Crippen molar-refractivity contribution in [3.8, 4) is 0 Å². The third-order valence-corrected chi connectivity index (χ3v) is 4.66. The van der Waals surface area contributed by atoms with Gasteiger partial charge >= 0.3 is 0 Å². The highest BCUT2D eigenvalue weighted by Crippen LogP contribution is 2.22. The van der Waals surface area contributed by atoms with E-state index in [0.29, 0.717) is 23.6 Å². The van der Waals surface area contributed by atoms with Crippen LogP contribution in [0.15, 0.2) is 29.3 Å². The standard InChI is InChI=1S/C22H35N5O/c1-6-18(25-13-14(2)3)9-10-24-22-19(21(23)26-16(5)28)12-17-11-15(4)7-8-20(17)27-22/h7-8,11-12,14,16,18,25,28H,6,9-10,13H2,1-5H3,(H2,23,26)(H,24,27). The fraction of sp³-hybridized carbons (Fsp3) is 0.545. The Labute approximate surface area is 168 Å². The van der Waals surface area contributed by atoms with Gasteiger partial charge in [-0.2, -0.15) is 0 Å². The minimum atomic E-state index is -0.856. The molecule has 2 atom stereocenters. The minimum Gasteiger partial charge on any atom is -0.383 e. The van der Waals surface area contributed by atoms with Crippen molar-refractivity contribution in [2.24, 2.45) is 16.6 Å². The van der Waals surface area contributed by atoms with E-state index in [4.69, 9.17) is 10.7 Å². The molecule has 0 aliphatic carbocycles. The number of aromatic nitrogens is 1. The molecule has 2 aromatic rings. The average molecular weight is 386 g/mol. The van der Waals surface area contributed by atoms with Crippen LogP contribution in [0, 0.1) is 12.8 Å². The first-order valence-electron chi connectivity index (χ1n) is 10.2. The molecule has 0 aliphatic rings. The van der Waals surface area contributed by atoms with Crippen molar-refractivity contribution < 1.29 is 5.11 Å². The number of aliphatic hydroxyl groups is 1. The third kappa shape index (κ3) is 6.46. The summed E-state index contributed by atoms with van der Waals surface area (Å²) in [6.07, 6.45) is 1.21. The van der Waals surface area contributed by atoms with Crippen molar-refractivity contribution in [3.63, 3.8) is 0 Å². The topological polar surface area (TPSA) is 95.6 Å². The fourth-order valence-electron chi connectivity index (χ4n) is 3.11. The molecule has 1 aromatic carbocycles. The van der Waals surface area contributed by atoms with Gasteiger partial charge < -0.3 is 21.5 Å². The Kier molecular flexibility index (Phi) is 8.20. The maximum absolute atomic E-state index is 9.60. The van der Waals surface area contributed by atoms with E-state index >= 15 is 0 Å². The zero-order chi connectivity index (χ0) is 20.7. The second kappa shape index (κ2) is 10.4. The molecule has 28 heavy (non-hydrogen) atoms. The van der Waals surface area contributed by atoms with E-state index in [0.717, 1.165) is 48.0 Å². The largest absolute Gasteiger partial charge is 0.383 e. The zero-order valence-electron chi connectivity index (χ0n) is 17.8. The molecule has 5 N–H and O–H groups in total. The van der Waals surface area contributed by atoms with Gasteiger partial charge in [-0.3, -0.25) is 0 Å². The molecule has 2 unspecified atom stereocenters. The Morgan fingerprint density at radius 1 is 1.25 bits per heavy atom. The van der Waals surface area contributed by atoms with Gasteiger partial charge in [-0.05, 0) is 57.4 Å². The van der Waals surface area contributed by atoms with Gasteiger partial charge in [0.1, 0.15) is 17.9 Å². The summed E-state index contributed by atoms with van der Waals surface area (Å²) in [6, 6.07) is 8.60. The van der Waals surface area contributed by atoms with Gasteiger partial charge in [0.15, 0.2) is 0 Å². The van der Waals surface area contributed by atoms with Crippen LogP contribution in [0.1, 0.15) is 51.7 Å². The van der Waals surface area contributed by atoms with Crippen LogP contribution >= 0.6 is 0 Å². The molecule has 6 nitrogen and oxygen atoms in total. The summed E-state index contributed by atoms with van der Waals surface area (Å²) >= 11 is 0. The molecule has 154 valence electrons. The lowest BCUT2D eigenvalue weighted by molar-refractivity contribution is 0.205. The summed E-state index contributed by atoms with van der Waals surface area (Å²) in [6.45, 7) is 12.1. The molecular weight excluding hydrogens is 350 g/mol. The first-order chi connectivity index (χ1) is 13.3. The zero-order valence-corrected chi connectivity index (χ0v) is 17.8. The second-order valence-electron chi connectivity index (χ2n) is 7.85. The van der Waals surface area contributed by atoms with E-state index in [-0.39, 0.29) is 0 Å². The first kappa shape index (κ1) is 22.1. The highest BCUT2D eigenvalue weighted by molar-refractivity contribution is 6.04. The van der Waals surface area contributed by atoms with Crippen molar-refractivity contribution in [1.29, 1.82) is 0 Å². The summed E-state index contributed by atoms with van der Waals surface area (Å²) in [7, 11) is 0. The van der Waals surface area contributed by atoms with Gasteiger partial charge in [-0.1, -0.05) is 32.4 Å². The Morgan fingerprint density at radius 3 is 2.64 bits per heavy atom. The lowest BCUT2D eigenvalue weighted by Gasteiger charge is -2.19. The highest BCUT2D eigenvalue weighted by Gasteiger charge is 2.13. The van der Waals surface area contributed by atoms with Crippen LogP contribution in [0.25, 0.3) is 10.9 Å². The van der Waals surface area contributed by atoms with E-state index in [1.54, 1.807) is 6.92 Å². The van der Waals surface area contributed by atoms with E-state index in [2.05, 4.69) is 48.5 Å². The maximum Gasteiger partial charge on any atom is 0.144 e. The minimum absolute atomic E-state index is 0.290. The Bertz CT molecular complexity index is 801. The summed E-state index contributed by atoms with van der Waals surface area (Å²) in [5.41, 5.74) is 8.96. The summed E-state index contributed by atoms with van der Waals surface area (Å²) in [4.78, 5) is 8.87.